The predicted molar refractivity (Wildman–Crippen MR) is 139 cm³/mol. The van der Waals surface area contributed by atoms with Gasteiger partial charge in [0.15, 0.2) is 0 Å². The quantitative estimate of drug-likeness (QED) is 0.297. The molecule has 0 bridgehead atoms. The molecule has 0 aliphatic carbocycles. The summed E-state index contributed by atoms with van der Waals surface area (Å²) < 4.78 is 38.4. The minimum absolute atomic E-state index is 0.112. The summed E-state index contributed by atoms with van der Waals surface area (Å²) in [5.41, 5.74) is 3.98. The minimum Gasteiger partial charge on any atom is -0.497 e. The van der Waals surface area contributed by atoms with Crippen molar-refractivity contribution in [1.29, 1.82) is 0 Å². The summed E-state index contributed by atoms with van der Waals surface area (Å²) in [6, 6.07) is 18.4. The monoisotopic (exact) mass is 524 g/mol. The number of nitrogens with zero attached hydrogens (tertiary/aromatic N) is 2. The lowest BCUT2D eigenvalue weighted by Gasteiger charge is -2.09. The first-order valence-corrected chi connectivity index (χ1v) is 13.3. The van der Waals surface area contributed by atoms with E-state index >= 15 is 0 Å². The Morgan fingerprint density at radius 2 is 1.64 bits per heavy atom. The molecule has 1 heterocycles. The first kappa shape index (κ1) is 25.3. The molecule has 1 aromatic heterocycles. The third kappa shape index (κ3) is 6.23. The number of carbonyl (C=O) groups is 1. The molecule has 4 rings (SSSR count). The Balaban J connectivity index is 1.34. The van der Waals surface area contributed by atoms with Crippen LogP contribution in [0.4, 0.5) is 11.4 Å². The molecule has 36 heavy (non-hydrogen) atoms. The summed E-state index contributed by atoms with van der Waals surface area (Å²) in [7, 11) is -2.24. The zero-order chi connectivity index (χ0) is 25.7. The highest BCUT2D eigenvalue weighted by molar-refractivity contribution is 7.99. The predicted octanol–water partition coefficient (Wildman–Crippen LogP) is 4.89. The molecule has 186 valence electrons. The second-order valence-corrected chi connectivity index (χ2v) is 10.5. The maximum Gasteiger partial charge on any atom is 0.277 e. The normalized spacial score (nSPS) is 11.2. The van der Waals surface area contributed by atoms with Crippen LogP contribution in [0.1, 0.15) is 11.1 Å². The summed E-state index contributed by atoms with van der Waals surface area (Å²) >= 11 is 1.13. The highest BCUT2D eigenvalue weighted by Gasteiger charge is 2.15. The number of nitrogens with one attached hydrogen (secondary N) is 2. The fourth-order valence-corrected chi connectivity index (χ4v) is 4.80. The van der Waals surface area contributed by atoms with Gasteiger partial charge in [-0.05, 0) is 85.6 Å². The van der Waals surface area contributed by atoms with Gasteiger partial charge in [0, 0.05) is 16.9 Å². The van der Waals surface area contributed by atoms with Crippen LogP contribution >= 0.6 is 11.8 Å². The number of rotatable bonds is 9. The van der Waals surface area contributed by atoms with Gasteiger partial charge in [0.25, 0.3) is 15.2 Å². The first-order valence-electron chi connectivity index (χ1n) is 10.8. The average Bonchev–Trinajstić information content (AvgIpc) is 3.34. The maximum atomic E-state index is 12.6. The van der Waals surface area contributed by atoms with Crippen molar-refractivity contribution in [3.8, 4) is 17.2 Å². The van der Waals surface area contributed by atoms with Crippen molar-refractivity contribution < 1.29 is 22.4 Å². The number of thioether (sulfide) groups is 1. The molecular weight excluding hydrogens is 500 g/mol. The van der Waals surface area contributed by atoms with Gasteiger partial charge < -0.3 is 14.5 Å². The second kappa shape index (κ2) is 10.8. The van der Waals surface area contributed by atoms with Gasteiger partial charge in [-0.15, -0.1) is 10.2 Å². The zero-order valence-corrected chi connectivity index (χ0v) is 21.4. The van der Waals surface area contributed by atoms with Crippen LogP contribution in [0, 0.1) is 13.8 Å². The van der Waals surface area contributed by atoms with E-state index in [-0.39, 0.29) is 27.7 Å². The Hall–Kier alpha value is -3.83. The summed E-state index contributed by atoms with van der Waals surface area (Å²) in [6.07, 6.45) is 0. The Kier molecular flexibility index (Phi) is 7.61. The van der Waals surface area contributed by atoms with Crippen LogP contribution in [-0.2, 0) is 14.8 Å². The Morgan fingerprint density at radius 3 is 2.31 bits per heavy atom. The number of anilines is 2. The first-order chi connectivity index (χ1) is 17.2. The second-order valence-electron chi connectivity index (χ2n) is 7.87. The van der Waals surface area contributed by atoms with Gasteiger partial charge in [-0.1, -0.05) is 17.8 Å². The van der Waals surface area contributed by atoms with Gasteiger partial charge in [0.2, 0.25) is 11.8 Å². The Labute approximate surface area is 213 Å². The molecule has 2 N–H and O–H groups in total. The molecule has 0 aliphatic heterocycles. The van der Waals surface area contributed by atoms with E-state index < -0.39 is 10.0 Å². The van der Waals surface area contributed by atoms with E-state index in [1.807, 2.05) is 32.0 Å². The standard InChI is InChI=1S/C25H24N4O5S2/c1-16-4-7-20(14-17(16)2)26-23(30)15-35-25-28-27-24(34-25)18-5-8-19(9-6-18)29-36(31,32)22-12-10-21(33-3)11-13-22/h4-14,29H,15H2,1-3H3,(H,26,30). The van der Waals surface area contributed by atoms with E-state index in [4.69, 9.17) is 9.15 Å². The number of hydrogen-bond donors (Lipinski definition) is 2. The number of ether oxygens (including phenoxy) is 1. The molecular formula is C25H24N4O5S2. The summed E-state index contributed by atoms with van der Waals surface area (Å²) in [5, 5.41) is 11.1. The summed E-state index contributed by atoms with van der Waals surface area (Å²) in [4.78, 5) is 12.4. The SMILES string of the molecule is COc1ccc(S(=O)(=O)Nc2ccc(-c3nnc(SCC(=O)Nc4ccc(C)c(C)c4)o3)cc2)cc1. The van der Waals surface area contributed by atoms with Crippen LogP contribution in [0.2, 0.25) is 0 Å². The molecule has 0 aliphatic rings. The third-order valence-corrected chi connectivity index (χ3v) is 7.49. The van der Waals surface area contributed by atoms with Crippen molar-refractivity contribution in [1.82, 2.24) is 10.2 Å². The van der Waals surface area contributed by atoms with Crippen molar-refractivity contribution >= 4 is 39.1 Å². The summed E-state index contributed by atoms with van der Waals surface area (Å²) in [5.74, 6) is 0.756. The van der Waals surface area contributed by atoms with Gasteiger partial charge in [0.05, 0.1) is 17.8 Å². The topological polar surface area (TPSA) is 123 Å². The van der Waals surface area contributed by atoms with E-state index in [0.29, 0.717) is 17.0 Å². The maximum absolute atomic E-state index is 12.6. The van der Waals surface area contributed by atoms with Gasteiger partial charge >= 0.3 is 0 Å². The van der Waals surface area contributed by atoms with Crippen LogP contribution in [0.25, 0.3) is 11.5 Å². The molecule has 0 fully saturated rings. The minimum atomic E-state index is -3.75. The smallest absolute Gasteiger partial charge is 0.277 e. The number of amides is 1. The number of carbonyl (C=O) groups excluding carboxylic acids is 1. The lowest BCUT2D eigenvalue weighted by atomic mass is 10.1. The molecule has 9 nitrogen and oxygen atoms in total. The lowest BCUT2D eigenvalue weighted by Crippen LogP contribution is -2.14. The van der Waals surface area contributed by atoms with Gasteiger partial charge in [-0.2, -0.15) is 0 Å². The number of methoxy groups -OCH3 is 1. The van der Waals surface area contributed by atoms with E-state index in [9.17, 15) is 13.2 Å². The van der Waals surface area contributed by atoms with Gasteiger partial charge in [-0.3, -0.25) is 9.52 Å². The van der Waals surface area contributed by atoms with Crippen LogP contribution in [0.3, 0.4) is 0 Å². The number of sulfonamides is 1. The molecule has 0 spiro atoms. The van der Waals surface area contributed by atoms with Crippen LogP contribution in [-0.4, -0.2) is 37.4 Å². The number of aromatic nitrogens is 2. The van der Waals surface area contributed by atoms with Crippen molar-refractivity contribution in [2.75, 3.05) is 22.9 Å². The van der Waals surface area contributed by atoms with E-state index in [1.165, 1.54) is 19.2 Å². The van der Waals surface area contributed by atoms with Gasteiger partial charge in [0.1, 0.15) is 5.75 Å². The fraction of sp³-hybridized carbons (Fsp3) is 0.160. The van der Waals surface area contributed by atoms with Crippen LogP contribution < -0.4 is 14.8 Å². The lowest BCUT2D eigenvalue weighted by molar-refractivity contribution is -0.113. The van der Waals surface area contributed by atoms with E-state index in [1.54, 1.807) is 36.4 Å². The highest BCUT2D eigenvalue weighted by Crippen LogP contribution is 2.26. The largest absolute Gasteiger partial charge is 0.497 e. The molecule has 0 saturated heterocycles. The molecule has 0 unspecified atom stereocenters. The number of benzene rings is 3. The average molecular weight is 525 g/mol. The molecule has 0 atom stereocenters. The highest BCUT2D eigenvalue weighted by atomic mass is 32.2. The zero-order valence-electron chi connectivity index (χ0n) is 19.8. The fourth-order valence-electron chi connectivity index (χ4n) is 3.18. The molecule has 3 aromatic carbocycles. The number of aryl methyl sites for hydroxylation is 2. The van der Waals surface area contributed by atoms with Crippen molar-refractivity contribution in [3.05, 3.63) is 77.9 Å². The van der Waals surface area contributed by atoms with Crippen LogP contribution in [0.15, 0.2) is 81.3 Å². The van der Waals surface area contributed by atoms with E-state index in [0.717, 1.165) is 28.6 Å². The molecule has 1 amide bonds. The molecule has 4 aromatic rings. The number of hydrogen-bond acceptors (Lipinski definition) is 8. The summed E-state index contributed by atoms with van der Waals surface area (Å²) in [6.45, 7) is 4.00. The van der Waals surface area contributed by atoms with Crippen molar-refractivity contribution in [2.45, 2.75) is 24.0 Å². The Bertz CT molecular complexity index is 1470. The molecule has 0 saturated carbocycles. The molecule has 0 radical (unpaired) electrons. The van der Waals surface area contributed by atoms with Crippen molar-refractivity contribution in [2.24, 2.45) is 0 Å². The Morgan fingerprint density at radius 1 is 0.944 bits per heavy atom. The van der Waals surface area contributed by atoms with Crippen LogP contribution in [0.5, 0.6) is 5.75 Å². The van der Waals surface area contributed by atoms with E-state index in [2.05, 4.69) is 20.2 Å². The van der Waals surface area contributed by atoms with Gasteiger partial charge in [-0.25, -0.2) is 8.42 Å². The molecule has 11 heteroatoms. The van der Waals surface area contributed by atoms with Crippen molar-refractivity contribution in [3.63, 3.8) is 0 Å². The third-order valence-electron chi connectivity index (χ3n) is 5.28.